The van der Waals surface area contributed by atoms with Crippen LogP contribution in [0, 0.1) is 0 Å². The van der Waals surface area contributed by atoms with Gasteiger partial charge in [0, 0.05) is 12.7 Å². The molecule has 0 saturated heterocycles. The molecule has 0 spiro atoms. The van der Waals surface area contributed by atoms with Crippen molar-refractivity contribution in [2.75, 3.05) is 28.4 Å². The van der Waals surface area contributed by atoms with E-state index < -0.39 is 0 Å². The second-order valence-electron chi connectivity index (χ2n) is 13.2. The maximum Gasteiger partial charge on any atom is 0.100 e. The third-order valence-corrected chi connectivity index (χ3v) is 8.84. The van der Waals surface area contributed by atoms with E-state index in [4.69, 9.17) is 0 Å². The first-order valence-corrected chi connectivity index (χ1v) is 13.1. The van der Waals surface area contributed by atoms with Gasteiger partial charge in [-0.25, -0.2) is 0 Å². The minimum absolute atomic E-state index is 0.158. The van der Waals surface area contributed by atoms with Crippen LogP contribution in [0.2, 0.25) is 0 Å². The molecule has 3 nitrogen and oxygen atoms in total. The Morgan fingerprint density at radius 3 is 1.86 bits per heavy atom. The van der Waals surface area contributed by atoms with Crippen LogP contribution >= 0.6 is 0 Å². The lowest BCUT2D eigenvalue weighted by molar-refractivity contribution is 0.332. The van der Waals surface area contributed by atoms with Gasteiger partial charge < -0.3 is 14.7 Å². The highest BCUT2D eigenvalue weighted by atomic mass is 15.4. The zero-order chi connectivity index (χ0) is 24.9. The minimum Gasteiger partial charge on any atom is -0.341 e. The molecule has 0 unspecified atom stereocenters. The van der Waals surface area contributed by atoms with Crippen LogP contribution in [0.4, 0.5) is 34.1 Å². The van der Waals surface area contributed by atoms with Crippen molar-refractivity contribution in [1.82, 2.24) is 0 Å². The van der Waals surface area contributed by atoms with Crippen LogP contribution in [0.1, 0.15) is 78.0 Å². The van der Waals surface area contributed by atoms with Gasteiger partial charge in [-0.1, -0.05) is 66.7 Å². The molecule has 0 fully saturated rings. The number of hydrogen-bond donors (Lipinski definition) is 0. The van der Waals surface area contributed by atoms with Crippen LogP contribution in [-0.2, 0) is 16.2 Å². The van der Waals surface area contributed by atoms with Crippen LogP contribution in [0.3, 0.4) is 0 Å². The Kier molecular flexibility index (Phi) is 4.54. The van der Waals surface area contributed by atoms with Crippen molar-refractivity contribution in [2.24, 2.45) is 0 Å². The first-order chi connectivity index (χ1) is 16.4. The lowest BCUT2D eigenvalue weighted by Crippen LogP contribution is -2.36. The molecule has 3 aromatic carbocycles. The summed E-state index contributed by atoms with van der Waals surface area (Å²) >= 11 is 0. The van der Waals surface area contributed by atoms with Gasteiger partial charge in [0.15, 0.2) is 0 Å². The van der Waals surface area contributed by atoms with Gasteiger partial charge in [0.05, 0.1) is 28.4 Å². The van der Waals surface area contributed by atoms with Crippen molar-refractivity contribution >= 4 is 34.1 Å². The van der Waals surface area contributed by atoms with E-state index >= 15 is 0 Å². The Morgan fingerprint density at radius 1 is 0.686 bits per heavy atom. The summed E-state index contributed by atoms with van der Waals surface area (Å²) in [6, 6.07) is 21.0. The van der Waals surface area contributed by atoms with Crippen LogP contribution < -0.4 is 14.7 Å². The Morgan fingerprint density at radius 2 is 1.26 bits per heavy atom. The molecule has 0 bridgehead atoms. The van der Waals surface area contributed by atoms with Gasteiger partial charge in [-0.2, -0.15) is 0 Å². The summed E-state index contributed by atoms with van der Waals surface area (Å²) < 4.78 is 0. The van der Waals surface area contributed by atoms with E-state index in [2.05, 4.69) is 125 Å². The Balaban J connectivity index is 1.50. The van der Waals surface area contributed by atoms with E-state index in [9.17, 15) is 0 Å². The molecule has 6 rings (SSSR count). The molecule has 35 heavy (non-hydrogen) atoms. The summed E-state index contributed by atoms with van der Waals surface area (Å²) in [6.07, 6.45) is 2.47. The smallest absolute Gasteiger partial charge is 0.100 e. The zero-order valence-electron chi connectivity index (χ0n) is 22.7. The maximum atomic E-state index is 2.55. The molecular weight excluding hydrogens is 426 g/mol. The molecule has 3 heteroatoms. The zero-order valence-corrected chi connectivity index (χ0v) is 22.7. The van der Waals surface area contributed by atoms with Crippen molar-refractivity contribution in [1.29, 1.82) is 0 Å². The van der Waals surface area contributed by atoms with Crippen molar-refractivity contribution in [3.05, 3.63) is 71.3 Å². The van der Waals surface area contributed by atoms with E-state index in [1.807, 2.05) is 0 Å². The summed E-state index contributed by atoms with van der Waals surface area (Å²) in [5, 5.41) is 0. The largest absolute Gasteiger partial charge is 0.341 e. The average Bonchev–Trinajstić information content (AvgIpc) is 3.20. The third kappa shape index (κ3) is 3.23. The monoisotopic (exact) mass is 465 g/mol. The van der Waals surface area contributed by atoms with Gasteiger partial charge in [0.25, 0.3) is 0 Å². The van der Waals surface area contributed by atoms with Crippen molar-refractivity contribution in [3.8, 4) is 0 Å². The molecular formula is C32H39N3. The summed E-state index contributed by atoms with van der Waals surface area (Å²) in [7, 11) is 2.24. The summed E-state index contributed by atoms with van der Waals surface area (Å²) in [5.74, 6) is 0. The van der Waals surface area contributed by atoms with E-state index in [0.29, 0.717) is 0 Å². The fraction of sp³-hybridized carbons (Fsp3) is 0.438. The Labute approximate surface area is 211 Å². The molecule has 2 heterocycles. The predicted molar refractivity (Wildman–Crippen MR) is 151 cm³/mol. The van der Waals surface area contributed by atoms with Gasteiger partial charge in [0.2, 0.25) is 0 Å². The van der Waals surface area contributed by atoms with Crippen LogP contribution in [0.15, 0.2) is 54.6 Å². The highest BCUT2D eigenvalue weighted by Crippen LogP contribution is 2.58. The number of rotatable bonds is 1. The molecule has 0 N–H and O–H groups in total. The number of anilines is 6. The fourth-order valence-electron chi connectivity index (χ4n) is 6.34. The SMILES string of the molecule is CN1c2cc3c(cc2N2CN(c4ccc(C(C)(C)C)cc4)c4cccc1c42)C(C)(C)CCC3(C)C. The summed E-state index contributed by atoms with van der Waals surface area (Å²) in [4.78, 5) is 7.44. The van der Waals surface area contributed by atoms with Gasteiger partial charge in [0.1, 0.15) is 6.67 Å². The molecule has 0 aromatic heterocycles. The van der Waals surface area contributed by atoms with Crippen molar-refractivity contribution < 1.29 is 0 Å². The van der Waals surface area contributed by atoms with Gasteiger partial charge in [-0.15, -0.1) is 0 Å². The van der Waals surface area contributed by atoms with Crippen molar-refractivity contribution in [3.63, 3.8) is 0 Å². The molecule has 0 amide bonds. The average molecular weight is 466 g/mol. The summed E-state index contributed by atoms with van der Waals surface area (Å²) in [6.45, 7) is 17.4. The third-order valence-electron chi connectivity index (χ3n) is 8.84. The molecule has 182 valence electrons. The first kappa shape index (κ1) is 22.5. The topological polar surface area (TPSA) is 9.72 Å². The molecule has 1 aliphatic carbocycles. The molecule has 0 saturated carbocycles. The normalized spacial score (nSPS) is 19.4. The highest BCUT2D eigenvalue weighted by Gasteiger charge is 2.42. The molecule has 2 aliphatic heterocycles. The first-order valence-electron chi connectivity index (χ1n) is 13.1. The Hall–Kier alpha value is -2.94. The van der Waals surface area contributed by atoms with Crippen molar-refractivity contribution in [2.45, 2.75) is 77.6 Å². The van der Waals surface area contributed by atoms with E-state index in [0.717, 1.165) is 6.67 Å². The summed E-state index contributed by atoms with van der Waals surface area (Å²) in [5.41, 5.74) is 12.8. The van der Waals surface area contributed by atoms with Gasteiger partial charge >= 0.3 is 0 Å². The van der Waals surface area contributed by atoms with E-state index in [1.165, 1.54) is 63.7 Å². The maximum absolute atomic E-state index is 2.55. The molecule has 3 aliphatic rings. The van der Waals surface area contributed by atoms with Gasteiger partial charge in [-0.3, -0.25) is 0 Å². The highest BCUT2D eigenvalue weighted by molar-refractivity contribution is 6.03. The van der Waals surface area contributed by atoms with Crippen LogP contribution in [0.5, 0.6) is 0 Å². The number of benzene rings is 3. The second kappa shape index (κ2) is 7.06. The second-order valence-corrected chi connectivity index (χ2v) is 13.2. The minimum atomic E-state index is 0.158. The predicted octanol–water partition coefficient (Wildman–Crippen LogP) is 8.66. The molecule has 3 aromatic rings. The fourth-order valence-corrected chi connectivity index (χ4v) is 6.34. The number of nitrogens with zero attached hydrogens (tertiary/aromatic N) is 3. The van der Waals surface area contributed by atoms with Crippen LogP contribution in [-0.4, -0.2) is 13.7 Å². The van der Waals surface area contributed by atoms with Gasteiger partial charge in [-0.05, 0) is 82.2 Å². The number of fused-ring (bicyclic) bond motifs is 3. The van der Waals surface area contributed by atoms with E-state index in [1.54, 1.807) is 0 Å². The van der Waals surface area contributed by atoms with Crippen LogP contribution in [0.25, 0.3) is 0 Å². The standard InChI is InChI=1S/C32H39N3/c1-30(2,3)21-12-14-22(15-13-21)34-20-35-28-19-24-23(31(4,5)16-17-32(24,6)7)18-27(28)33(8)25-10-9-11-26(34)29(25)35/h9-15,18-19H,16-17,20H2,1-8H3. The molecule has 0 atom stereocenters. The lowest BCUT2D eigenvalue weighted by atomic mass is 9.63. The number of para-hydroxylation sites is 1. The lowest BCUT2D eigenvalue weighted by Gasteiger charge is -2.44. The van der Waals surface area contributed by atoms with E-state index in [-0.39, 0.29) is 16.2 Å². The Bertz CT molecular complexity index is 1320. The quantitative estimate of drug-likeness (QED) is 0.356. The number of hydrogen-bond acceptors (Lipinski definition) is 3. The molecule has 0 radical (unpaired) electrons.